The Morgan fingerprint density at radius 1 is 0.970 bits per heavy atom. The van der Waals surface area contributed by atoms with Crippen molar-refractivity contribution in [3.63, 3.8) is 0 Å². The summed E-state index contributed by atoms with van der Waals surface area (Å²) in [6.07, 6.45) is -1.41. The van der Waals surface area contributed by atoms with Crippen molar-refractivity contribution in [2.24, 2.45) is 0 Å². The molecule has 5 rings (SSSR count). The Kier molecular flexibility index (Phi) is 5.87. The zero-order chi connectivity index (χ0) is 23.0. The number of nitrogens with one attached hydrogen (secondary N) is 1. The fourth-order valence-corrected chi connectivity index (χ4v) is 5.55. The standard InChI is InChI=1S/C27H25F3N2S/c28-27(29,30)21-11-9-19(10-12-21)22-7-4-8-23-20-14-16-32(24(17-20)25(22)23)26(33)31-15-13-18-5-2-1-3-6-18/h1-12,20,24H,13-17H2,(H,31,33)/t20?,24-/m1/s1. The summed E-state index contributed by atoms with van der Waals surface area (Å²) in [6, 6.07) is 22.2. The van der Waals surface area contributed by atoms with Gasteiger partial charge in [0.25, 0.3) is 0 Å². The van der Waals surface area contributed by atoms with Crippen molar-refractivity contribution < 1.29 is 13.2 Å². The summed E-state index contributed by atoms with van der Waals surface area (Å²) in [5.74, 6) is 0.475. The highest BCUT2D eigenvalue weighted by Crippen LogP contribution is 2.52. The predicted molar refractivity (Wildman–Crippen MR) is 129 cm³/mol. The van der Waals surface area contributed by atoms with Gasteiger partial charge in [0.2, 0.25) is 0 Å². The van der Waals surface area contributed by atoms with Crippen molar-refractivity contribution in [3.05, 3.63) is 95.1 Å². The van der Waals surface area contributed by atoms with E-state index in [1.54, 1.807) is 12.1 Å². The van der Waals surface area contributed by atoms with Gasteiger partial charge in [0.15, 0.2) is 5.11 Å². The molecule has 1 unspecified atom stereocenters. The summed E-state index contributed by atoms with van der Waals surface area (Å²) in [5.41, 5.74) is 4.99. The monoisotopic (exact) mass is 466 g/mol. The quantitative estimate of drug-likeness (QED) is 0.430. The first-order valence-electron chi connectivity index (χ1n) is 11.3. The van der Waals surface area contributed by atoms with E-state index in [-0.39, 0.29) is 6.04 Å². The molecular formula is C27H25F3N2S. The third-order valence-corrected chi connectivity index (χ3v) is 7.21. The van der Waals surface area contributed by atoms with Crippen LogP contribution in [-0.4, -0.2) is 23.1 Å². The van der Waals surface area contributed by atoms with Gasteiger partial charge in [-0.25, -0.2) is 0 Å². The Morgan fingerprint density at radius 3 is 2.45 bits per heavy atom. The minimum atomic E-state index is -4.33. The zero-order valence-electron chi connectivity index (χ0n) is 18.1. The Morgan fingerprint density at radius 2 is 1.73 bits per heavy atom. The van der Waals surface area contributed by atoms with Gasteiger partial charge in [0.05, 0.1) is 11.6 Å². The van der Waals surface area contributed by atoms with E-state index in [9.17, 15) is 13.2 Å². The first-order chi connectivity index (χ1) is 15.9. The second-order valence-corrected chi connectivity index (χ2v) is 9.17. The lowest BCUT2D eigenvalue weighted by Gasteiger charge is -2.36. The number of benzene rings is 3. The number of alkyl halides is 3. The lowest BCUT2D eigenvalue weighted by atomic mass is 9.93. The van der Waals surface area contributed by atoms with E-state index in [0.29, 0.717) is 5.92 Å². The number of halogens is 3. The molecule has 0 radical (unpaired) electrons. The molecule has 0 saturated carbocycles. The van der Waals surface area contributed by atoms with Crippen LogP contribution in [0.15, 0.2) is 72.8 Å². The SMILES string of the molecule is FC(F)(F)c1ccc(-c2cccc3c2[C@H]2CC3CCN2C(=S)NCCc2ccccc2)cc1. The normalized spacial score (nSPS) is 19.3. The summed E-state index contributed by atoms with van der Waals surface area (Å²) in [5, 5.41) is 4.18. The van der Waals surface area contributed by atoms with Crippen LogP contribution in [0.25, 0.3) is 11.1 Å². The number of likely N-dealkylation sites (tertiary alicyclic amines) is 1. The molecule has 6 heteroatoms. The average molecular weight is 467 g/mol. The van der Waals surface area contributed by atoms with E-state index in [2.05, 4.69) is 28.4 Å². The van der Waals surface area contributed by atoms with Crippen LogP contribution in [-0.2, 0) is 12.6 Å². The van der Waals surface area contributed by atoms with Crippen molar-refractivity contribution in [1.29, 1.82) is 0 Å². The van der Waals surface area contributed by atoms with E-state index in [1.807, 2.05) is 30.3 Å². The molecule has 1 heterocycles. The summed E-state index contributed by atoms with van der Waals surface area (Å²) in [4.78, 5) is 2.27. The third kappa shape index (κ3) is 4.36. The average Bonchev–Trinajstić information content (AvgIpc) is 3.11. The first-order valence-corrected chi connectivity index (χ1v) is 11.7. The van der Waals surface area contributed by atoms with Gasteiger partial charge in [-0.15, -0.1) is 0 Å². The van der Waals surface area contributed by atoms with Gasteiger partial charge in [-0.3, -0.25) is 0 Å². The molecule has 2 nitrogen and oxygen atoms in total. The van der Waals surface area contributed by atoms with E-state index in [0.717, 1.165) is 48.6 Å². The van der Waals surface area contributed by atoms with Crippen LogP contribution in [0.3, 0.4) is 0 Å². The summed E-state index contributed by atoms with van der Waals surface area (Å²) < 4.78 is 39.1. The molecule has 2 bridgehead atoms. The Bertz CT molecular complexity index is 1140. The summed E-state index contributed by atoms with van der Waals surface area (Å²) in [6.45, 7) is 1.65. The maximum absolute atomic E-state index is 13.0. The fraction of sp³-hybridized carbons (Fsp3) is 0.296. The van der Waals surface area contributed by atoms with Crippen molar-refractivity contribution in [2.45, 2.75) is 37.4 Å². The number of hydrogen-bond acceptors (Lipinski definition) is 1. The lowest BCUT2D eigenvalue weighted by molar-refractivity contribution is -0.137. The van der Waals surface area contributed by atoms with Gasteiger partial charge in [-0.05, 0) is 77.3 Å². The van der Waals surface area contributed by atoms with Crippen LogP contribution in [0.5, 0.6) is 0 Å². The maximum Gasteiger partial charge on any atom is 0.416 e. The largest absolute Gasteiger partial charge is 0.416 e. The van der Waals surface area contributed by atoms with E-state index in [4.69, 9.17) is 12.2 Å². The molecule has 2 atom stereocenters. The van der Waals surface area contributed by atoms with Crippen LogP contribution >= 0.6 is 12.2 Å². The molecule has 2 aliphatic rings. The van der Waals surface area contributed by atoms with Crippen LogP contribution in [0, 0.1) is 0 Å². The molecule has 33 heavy (non-hydrogen) atoms. The van der Waals surface area contributed by atoms with Crippen LogP contribution in [0.1, 0.15) is 47.1 Å². The number of fused-ring (bicyclic) bond motifs is 5. The molecule has 0 amide bonds. The van der Waals surface area contributed by atoms with Gasteiger partial charge in [-0.1, -0.05) is 60.7 Å². The number of rotatable bonds is 4. The Labute approximate surface area is 197 Å². The molecule has 1 aliphatic heterocycles. The van der Waals surface area contributed by atoms with Crippen molar-refractivity contribution in [1.82, 2.24) is 10.2 Å². The highest BCUT2D eigenvalue weighted by atomic mass is 32.1. The molecule has 0 spiro atoms. The second kappa shape index (κ2) is 8.82. The van der Waals surface area contributed by atoms with E-state index in [1.165, 1.54) is 28.8 Å². The Balaban J connectivity index is 1.37. The van der Waals surface area contributed by atoms with Gasteiger partial charge in [0, 0.05) is 13.1 Å². The van der Waals surface area contributed by atoms with E-state index >= 15 is 0 Å². The fourth-order valence-electron chi connectivity index (χ4n) is 5.23. The molecule has 1 N–H and O–H groups in total. The molecule has 3 aromatic rings. The summed E-state index contributed by atoms with van der Waals surface area (Å²) >= 11 is 5.79. The number of nitrogens with zero attached hydrogens (tertiary/aromatic N) is 1. The predicted octanol–water partition coefficient (Wildman–Crippen LogP) is 6.72. The van der Waals surface area contributed by atoms with Gasteiger partial charge in [0.1, 0.15) is 0 Å². The van der Waals surface area contributed by atoms with Crippen molar-refractivity contribution in [3.8, 4) is 11.1 Å². The molecule has 1 aliphatic carbocycles. The summed E-state index contributed by atoms with van der Waals surface area (Å²) in [7, 11) is 0. The third-order valence-electron chi connectivity index (χ3n) is 6.83. The van der Waals surface area contributed by atoms with Gasteiger partial charge in [-0.2, -0.15) is 13.2 Å². The maximum atomic E-state index is 13.0. The topological polar surface area (TPSA) is 15.3 Å². The van der Waals surface area contributed by atoms with Crippen molar-refractivity contribution >= 4 is 17.3 Å². The smallest absolute Gasteiger partial charge is 0.362 e. The molecule has 170 valence electrons. The number of hydrogen-bond donors (Lipinski definition) is 1. The minimum Gasteiger partial charge on any atom is -0.362 e. The number of piperidine rings is 1. The highest BCUT2D eigenvalue weighted by Gasteiger charge is 2.41. The molecule has 3 aromatic carbocycles. The van der Waals surface area contributed by atoms with Gasteiger partial charge >= 0.3 is 6.18 Å². The van der Waals surface area contributed by atoms with Gasteiger partial charge < -0.3 is 10.2 Å². The molecule has 1 saturated heterocycles. The van der Waals surface area contributed by atoms with E-state index < -0.39 is 11.7 Å². The van der Waals surface area contributed by atoms with Crippen LogP contribution in [0.2, 0.25) is 0 Å². The zero-order valence-corrected chi connectivity index (χ0v) is 18.9. The van der Waals surface area contributed by atoms with Crippen LogP contribution < -0.4 is 5.32 Å². The lowest BCUT2D eigenvalue weighted by Crippen LogP contribution is -2.44. The number of thiocarbonyl (C=S) groups is 1. The molecule has 1 fully saturated rings. The first kappa shape index (κ1) is 22.0. The van der Waals surface area contributed by atoms with Crippen LogP contribution in [0.4, 0.5) is 13.2 Å². The highest BCUT2D eigenvalue weighted by molar-refractivity contribution is 7.80. The molecule has 0 aromatic heterocycles. The minimum absolute atomic E-state index is 0.147. The Hall–Kier alpha value is -2.86. The van der Waals surface area contributed by atoms with Crippen molar-refractivity contribution in [2.75, 3.05) is 13.1 Å². The molecular weight excluding hydrogens is 441 g/mol. The second-order valence-electron chi connectivity index (χ2n) is 8.78.